The van der Waals surface area contributed by atoms with Gasteiger partial charge in [-0.15, -0.1) is 0 Å². The summed E-state index contributed by atoms with van der Waals surface area (Å²) in [5.41, 5.74) is 7.52. The summed E-state index contributed by atoms with van der Waals surface area (Å²) in [6, 6.07) is 7.85. The number of anilines is 1. The molecule has 64 valence electrons. The average molecular weight is 180 g/mol. The molecule has 0 aliphatic heterocycles. The lowest BCUT2D eigenvalue weighted by atomic mass is 10.2. The monoisotopic (exact) mass is 180 g/mol. The Morgan fingerprint density at radius 1 is 1.42 bits per heavy atom. The molecule has 1 aromatic rings. The fourth-order valence-electron chi connectivity index (χ4n) is 0.937. The molecule has 2 nitrogen and oxygen atoms in total. The van der Waals surface area contributed by atoms with E-state index in [4.69, 9.17) is 18.0 Å². The van der Waals surface area contributed by atoms with E-state index in [1.54, 1.807) is 0 Å². The molecule has 0 aromatic heterocycles. The zero-order chi connectivity index (χ0) is 9.14. The van der Waals surface area contributed by atoms with E-state index >= 15 is 0 Å². The van der Waals surface area contributed by atoms with E-state index in [0.29, 0.717) is 4.99 Å². The van der Waals surface area contributed by atoms with Crippen molar-refractivity contribution in [2.24, 2.45) is 5.73 Å². The van der Waals surface area contributed by atoms with Gasteiger partial charge in [-0.2, -0.15) is 0 Å². The minimum absolute atomic E-state index is 0.443. The van der Waals surface area contributed by atoms with Gasteiger partial charge in [-0.25, -0.2) is 0 Å². The second-order valence-corrected chi connectivity index (χ2v) is 3.25. The molecule has 0 aliphatic rings. The highest BCUT2D eigenvalue weighted by Crippen LogP contribution is 2.12. The van der Waals surface area contributed by atoms with Crippen molar-refractivity contribution < 1.29 is 0 Å². The van der Waals surface area contributed by atoms with Gasteiger partial charge in [0.2, 0.25) is 0 Å². The van der Waals surface area contributed by atoms with Gasteiger partial charge in [0, 0.05) is 25.3 Å². The Morgan fingerprint density at radius 2 is 2.08 bits per heavy atom. The number of hydrogen-bond acceptors (Lipinski definition) is 2. The molecule has 0 heterocycles. The largest absolute Gasteiger partial charge is 0.389 e. The molecule has 0 amide bonds. The van der Waals surface area contributed by atoms with Gasteiger partial charge in [0.1, 0.15) is 4.99 Å². The summed E-state index contributed by atoms with van der Waals surface area (Å²) in [5.74, 6) is 0. The van der Waals surface area contributed by atoms with Crippen molar-refractivity contribution in [1.29, 1.82) is 0 Å². The van der Waals surface area contributed by atoms with E-state index in [0.717, 1.165) is 11.3 Å². The van der Waals surface area contributed by atoms with Gasteiger partial charge in [-0.3, -0.25) is 0 Å². The highest BCUT2D eigenvalue weighted by atomic mass is 32.1. The Kier molecular flexibility index (Phi) is 2.65. The minimum atomic E-state index is 0.443. The highest BCUT2D eigenvalue weighted by molar-refractivity contribution is 7.80. The SMILES string of the molecule is CN(C)c1cccc(C(N)=S)c1. The average Bonchev–Trinajstić information content (AvgIpc) is 2.04. The van der Waals surface area contributed by atoms with Crippen molar-refractivity contribution in [3.05, 3.63) is 29.8 Å². The molecule has 0 bridgehead atoms. The van der Waals surface area contributed by atoms with Gasteiger partial charge in [0.05, 0.1) is 0 Å². The maximum atomic E-state index is 5.50. The third-order valence-corrected chi connectivity index (χ3v) is 1.88. The Morgan fingerprint density at radius 3 is 2.58 bits per heavy atom. The van der Waals surface area contributed by atoms with Gasteiger partial charge in [-0.1, -0.05) is 24.4 Å². The van der Waals surface area contributed by atoms with Gasteiger partial charge >= 0.3 is 0 Å². The summed E-state index contributed by atoms with van der Waals surface area (Å²) in [4.78, 5) is 2.46. The van der Waals surface area contributed by atoms with Crippen LogP contribution >= 0.6 is 12.2 Å². The number of thiocarbonyl (C=S) groups is 1. The fourth-order valence-corrected chi connectivity index (χ4v) is 1.06. The molecule has 0 aliphatic carbocycles. The van der Waals surface area contributed by atoms with Crippen LogP contribution < -0.4 is 10.6 Å². The summed E-state index contributed by atoms with van der Waals surface area (Å²) in [6.45, 7) is 0. The summed E-state index contributed by atoms with van der Waals surface area (Å²) >= 11 is 4.87. The van der Waals surface area contributed by atoms with E-state index in [1.165, 1.54) is 0 Å². The third kappa shape index (κ3) is 1.95. The predicted octanol–water partition coefficient (Wildman–Crippen LogP) is 1.39. The van der Waals surface area contributed by atoms with Gasteiger partial charge in [0.25, 0.3) is 0 Å². The Bertz CT molecular complexity index is 294. The molecular weight excluding hydrogens is 168 g/mol. The molecule has 0 spiro atoms. The summed E-state index contributed by atoms with van der Waals surface area (Å²) in [7, 11) is 3.97. The van der Waals surface area contributed by atoms with E-state index < -0.39 is 0 Å². The number of nitrogens with two attached hydrogens (primary N) is 1. The fraction of sp³-hybridized carbons (Fsp3) is 0.222. The van der Waals surface area contributed by atoms with Crippen LogP contribution in [0.5, 0.6) is 0 Å². The van der Waals surface area contributed by atoms with Crippen LogP contribution in [-0.2, 0) is 0 Å². The lowest BCUT2D eigenvalue weighted by molar-refractivity contribution is 1.13. The molecular formula is C9H12N2S. The van der Waals surface area contributed by atoms with Crippen molar-refractivity contribution in [2.45, 2.75) is 0 Å². The first-order chi connectivity index (χ1) is 5.61. The van der Waals surface area contributed by atoms with Crippen LogP contribution in [0.4, 0.5) is 5.69 Å². The van der Waals surface area contributed by atoms with Crippen LogP contribution in [0.15, 0.2) is 24.3 Å². The number of rotatable bonds is 2. The standard InChI is InChI=1S/C9H12N2S/c1-11(2)8-5-3-4-7(6-8)9(10)12/h3-6H,1-2H3,(H2,10,12). The van der Waals surface area contributed by atoms with Crippen LogP contribution in [0, 0.1) is 0 Å². The summed E-state index contributed by atoms with van der Waals surface area (Å²) in [6.07, 6.45) is 0. The molecule has 2 N–H and O–H groups in total. The second-order valence-electron chi connectivity index (χ2n) is 2.81. The molecule has 0 fully saturated rings. The van der Waals surface area contributed by atoms with E-state index in [1.807, 2.05) is 43.3 Å². The van der Waals surface area contributed by atoms with Crippen molar-refractivity contribution in [3.63, 3.8) is 0 Å². The molecule has 0 atom stereocenters. The topological polar surface area (TPSA) is 29.3 Å². The number of benzene rings is 1. The Hall–Kier alpha value is -1.09. The first-order valence-corrected chi connectivity index (χ1v) is 4.09. The van der Waals surface area contributed by atoms with Crippen molar-refractivity contribution in [1.82, 2.24) is 0 Å². The zero-order valence-corrected chi connectivity index (χ0v) is 8.06. The Balaban J connectivity index is 3.04. The van der Waals surface area contributed by atoms with E-state index in [2.05, 4.69) is 0 Å². The van der Waals surface area contributed by atoms with E-state index in [9.17, 15) is 0 Å². The van der Waals surface area contributed by atoms with Gasteiger partial charge in [0.15, 0.2) is 0 Å². The second kappa shape index (κ2) is 3.54. The third-order valence-electron chi connectivity index (χ3n) is 1.65. The molecule has 3 heteroatoms. The Labute approximate surface area is 78.0 Å². The zero-order valence-electron chi connectivity index (χ0n) is 7.24. The molecule has 0 saturated carbocycles. The highest BCUT2D eigenvalue weighted by Gasteiger charge is 1.98. The van der Waals surface area contributed by atoms with Crippen molar-refractivity contribution in [2.75, 3.05) is 19.0 Å². The molecule has 0 radical (unpaired) electrons. The van der Waals surface area contributed by atoms with Crippen LogP contribution in [0.25, 0.3) is 0 Å². The maximum absolute atomic E-state index is 5.50. The molecule has 0 saturated heterocycles. The smallest absolute Gasteiger partial charge is 0.104 e. The first kappa shape index (κ1) is 9.00. The minimum Gasteiger partial charge on any atom is -0.389 e. The van der Waals surface area contributed by atoms with Gasteiger partial charge < -0.3 is 10.6 Å². The van der Waals surface area contributed by atoms with Crippen molar-refractivity contribution >= 4 is 22.9 Å². The van der Waals surface area contributed by atoms with Crippen LogP contribution in [-0.4, -0.2) is 19.1 Å². The summed E-state index contributed by atoms with van der Waals surface area (Å²) < 4.78 is 0. The maximum Gasteiger partial charge on any atom is 0.104 e. The van der Waals surface area contributed by atoms with Gasteiger partial charge in [-0.05, 0) is 12.1 Å². The quantitative estimate of drug-likeness (QED) is 0.697. The van der Waals surface area contributed by atoms with Crippen LogP contribution in [0.1, 0.15) is 5.56 Å². The lowest BCUT2D eigenvalue weighted by Gasteiger charge is -2.12. The normalized spacial score (nSPS) is 9.50. The van der Waals surface area contributed by atoms with Crippen LogP contribution in [0.2, 0.25) is 0 Å². The molecule has 12 heavy (non-hydrogen) atoms. The molecule has 1 rings (SSSR count). The summed E-state index contributed by atoms with van der Waals surface area (Å²) in [5, 5.41) is 0. The first-order valence-electron chi connectivity index (χ1n) is 3.68. The lowest BCUT2D eigenvalue weighted by Crippen LogP contribution is -2.12. The van der Waals surface area contributed by atoms with Crippen molar-refractivity contribution in [3.8, 4) is 0 Å². The van der Waals surface area contributed by atoms with Crippen LogP contribution in [0.3, 0.4) is 0 Å². The molecule has 0 unspecified atom stereocenters. The molecule has 1 aromatic carbocycles. The predicted molar refractivity (Wildman–Crippen MR) is 56.7 cm³/mol. The van der Waals surface area contributed by atoms with E-state index in [-0.39, 0.29) is 0 Å². The number of nitrogens with zero attached hydrogens (tertiary/aromatic N) is 1. The number of hydrogen-bond donors (Lipinski definition) is 1.